The lowest BCUT2D eigenvalue weighted by Crippen LogP contribution is -2.41. The molecule has 6 heteroatoms. The molecule has 26 heavy (non-hydrogen) atoms. The van der Waals surface area contributed by atoms with Crippen molar-refractivity contribution in [2.75, 3.05) is 31.2 Å². The summed E-state index contributed by atoms with van der Waals surface area (Å²) < 4.78 is 7.19. The van der Waals surface area contributed by atoms with E-state index in [-0.39, 0.29) is 5.56 Å². The van der Waals surface area contributed by atoms with E-state index < -0.39 is 0 Å². The van der Waals surface area contributed by atoms with E-state index in [1.807, 2.05) is 32.0 Å². The van der Waals surface area contributed by atoms with Crippen molar-refractivity contribution in [1.82, 2.24) is 9.55 Å². The zero-order valence-corrected chi connectivity index (χ0v) is 16.1. The summed E-state index contributed by atoms with van der Waals surface area (Å²) in [4.78, 5) is 19.8. The Morgan fingerprint density at radius 2 is 1.96 bits per heavy atom. The van der Waals surface area contributed by atoms with Crippen LogP contribution >= 0.6 is 11.6 Å². The number of benzene rings is 1. The first-order valence-electron chi connectivity index (χ1n) is 9.18. The van der Waals surface area contributed by atoms with Gasteiger partial charge in [0.25, 0.3) is 5.56 Å². The summed E-state index contributed by atoms with van der Waals surface area (Å²) in [6.45, 7) is 7.39. The van der Waals surface area contributed by atoms with Gasteiger partial charge in [-0.05, 0) is 50.2 Å². The molecule has 2 saturated heterocycles. The van der Waals surface area contributed by atoms with Gasteiger partial charge in [0.1, 0.15) is 11.6 Å². The Labute approximate surface area is 158 Å². The lowest BCUT2D eigenvalue weighted by molar-refractivity contribution is 0.133. The third-order valence-electron chi connectivity index (χ3n) is 5.82. The Balaban J connectivity index is 1.62. The minimum absolute atomic E-state index is 0.0931. The highest BCUT2D eigenvalue weighted by Crippen LogP contribution is 2.39. The smallest absolute Gasteiger partial charge is 0.260 e. The van der Waals surface area contributed by atoms with E-state index in [0.717, 1.165) is 56.9 Å². The van der Waals surface area contributed by atoms with Crippen LogP contribution < -0.4 is 10.5 Å². The molecule has 138 valence electrons. The second-order valence-electron chi connectivity index (χ2n) is 7.53. The first-order valence-corrected chi connectivity index (χ1v) is 9.56. The Morgan fingerprint density at radius 1 is 1.19 bits per heavy atom. The molecule has 0 bridgehead atoms. The summed E-state index contributed by atoms with van der Waals surface area (Å²) in [5.41, 5.74) is 1.88. The van der Waals surface area contributed by atoms with Gasteiger partial charge in [-0.3, -0.25) is 9.36 Å². The summed E-state index contributed by atoms with van der Waals surface area (Å²) in [7, 11) is 0. The number of hydrogen-bond acceptors (Lipinski definition) is 4. The lowest BCUT2D eigenvalue weighted by Gasteiger charge is -2.38. The van der Waals surface area contributed by atoms with Crippen molar-refractivity contribution in [3.63, 3.8) is 0 Å². The number of aromatic nitrogens is 2. The molecular weight excluding hydrogens is 350 g/mol. The Hall–Kier alpha value is -1.85. The van der Waals surface area contributed by atoms with Crippen molar-refractivity contribution < 1.29 is 4.74 Å². The predicted octanol–water partition coefficient (Wildman–Crippen LogP) is 3.51. The maximum Gasteiger partial charge on any atom is 0.260 e. The highest BCUT2D eigenvalue weighted by molar-refractivity contribution is 6.33. The Bertz CT molecular complexity index is 877. The molecule has 2 aromatic rings. The molecule has 0 atom stereocenters. The first-order chi connectivity index (χ1) is 12.5. The van der Waals surface area contributed by atoms with E-state index in [9.17, 15) is 4.79 Å². The van der Waals surface area contributed by atoms with Crippen molar-refractivity contribution in [3.05, 3.63) is 51.0 Å². The highest BCUT2D eigenvalue weighted by Gasteiger charge is 2.38. The van der Waals surface area contributed by atoms with Crippen molar-refractivity contribution in [2.24, 2.45) is 5.41 Å². The van der Waals surface area contributed by atoms with Crippen LogP contribution in [0.3, 0.4) is 0 Å². The summed E-state index contributed by atoms with van der Waals surface area (Å²) >= 11 is 6.42. The molecule has 2 aliphatic rings. The topological polar surface area (TPSA) is 47.4 Å². The molecule has 1 spiro atoms. The van der Waals surface area contributed by atoms with Crippen LogP contribution in [0, 0.1) is 19.3 Å². The monoisotopic (exact) mass is 373 g/mol. The fraction of sp³-hybridized carbons (Fsp3) is 0.500. The zero-order valence-electron chi connectivity index (χ0n) is 15.3. The third-order valence-corrected chi connectivity index (χ3v) is 6.31. The second-order valence-corrected chi connectivity index (χ2v) is 7.91. The van der Waals surface area contributed by atoms with Crippen LogP contribution in [-0.2, 0) is 4.74 Å². The molecule has 5 nitrogen and oxygen atoms in total. The molecule has 2 aliphatic heterocycles. The maximum atomic E-state index is 12.8. The fourth-order valence-corrected chi connectivity index (χ4v) is 4.31. The van der Waals surface area contributed by atoms with Gasteiger partial charge in [0.15, 0.2) is 0 Å². The Kier molecular flexibility index (Phi) is 4.53. The zero-order chi connectivity index (χ0) is 18.3. The van der Waals surface area contributed by atoms with Gasteiger partial charge in [0.2, 0.25) is 0 Å². The highest BCUT2D eigenvalue weighted by atomic mass is 35.5. The van der Waals surface area contributed by atoms with Crippen molar-refractivity contribution >= 4 is 17.4 Å². The van der Waals surface area contributed by atoms with Crippen molar-refractivity contribution in [3.8, 4) is 5.69 Å². The number of aryl methyl sites for hydroxylation is 2. The van der Waals surface area contributed by atoms with Gasteiger partial charge in [-0.15, -0.1) is 0 Å². The largest absolute Gasteiger partial charge is 0.381 e. The average Bonchev–Trinajstić information content (AvgIpc) is 3.06. The standard InChI is InChI=1S/C20H24ClN3O2/c1-14-4-3-5-16(19(14)21)24-15(2)22-17(12-18(24)25)23-9-6-20(7-10-23)8-11-26-13-20/h3-5,12H,6-11,13H2,1-2H3. The van der Waals surface area contributed by atoms with E-state index >= 15 is 0 Å². The summed E-state index contributed by atoms with van der Waals surface area (Å²) in [6.07, 6.45) is 3.35. The molecule has 2 fully saturated rings. The third kappa shape index (κ3) is 3.03. The SMILES string of the molecule is Cc1cccc(-n2c(C)nc(N3CCC4(CCOC4)CC3)cc2=O)c1Cl. The quantitative estimate of drug-likeness (QED) is 0.808. The van der Waals surface area contributed by atoms with Crippen LogP contribution in [0.15, 0.2) is 29.1 Å². The van der Waals surface area contributed by atoms with Gasteiger partial charge in [-0.2, -0.15) is 0 Å². The van der Waals surface area contributed by atoms with Crippen LogP contribution in [-0.4, -0.2) is 35.9 Å². The lowest BCUT2D eigenvalue weighted by atomic mass is 9.78. The number of nitrogens with zero attached hydrogens (tertiary/aromatic N) is 3. The van der Waals surface area contributed by atoms with Crippen molar-refractivity contribution in [2.45, 2.75) is 33.1 Å². The van der Waals surface area contributed by atoms with E-state index in [2.05, 4.69) is 4.90 Å². The van der Waals surface area contributed by atoms with E-state index in [4.69, 9.17) is 21.3 Å². The minimum Gasteiger partial charge on any atom is -0.381 e. The fourth-order valence-electron chi connectivity index (χ4n) is 4.10. The van der Waals surface area contributed by atoms with E-state index in [1.165, 1.54) is 0 Å². The van der Waals surface area contributed by atoms with Crippen LogP contribution in [0.25, 0.3) is 5.69 Å². The number of halogens is 1. The number of rotatable bonds is 2. The maximum absolute atomic E-state index is 12.8. The van der Waals surface area contributed by atoms with Crippen LogP contribution in [0.4, 0.5) is 5.82 Å². The van der Waals surface area contributed by atoms with Gasteiger partial charge >= 0.3 is 0 Å². The summed E-state index contributed by atoms with van der Waals surface area (Å²) in [5, 5.41) is 0.591. The number of piperidine rings is 1. The molecule has 1 aromatic heterocycles. The molecule has 0 amide bonds. The molecule has 0 N–H and O–H groups in total. The van der Waals surface area contributed by atoms with E-state index in [0.29, 0.717) is 21.9 Å². The number of ether oxygens (including phenoxy) is 1. The van der Waals surface area contributed by atoms with E-state index in [1.54, 1.807) is 10.6 Å². The van der Waals surface area contributed by atoms with Crippen LogP contribution in [0.2, 0.25) is 5.02 Å². The Morgan fingerprint density at radius 3 is 2.62 bits per heavy atom. The first kappa shape index (κ1) is 17.6. The molecule has 0 aliphatic carbocycles. The van der Waals surface area contributed by atoms with Gasteiger partial charge in [-0.1, -0.05) is 23.7 Å². The molecular formula is C20H24ClN3O2. The second kappa shape index (κ2) is 6.71. The minimum atomic E-state index is -0.0931. The molecule has 1 aromatic carbocycles. The van der Waals surface area contributed by atoms with Crippen LogP contribution in [0.1, 0.15) is 30.7 Å². The van der Waals surface area contributed by atoms with Gasteiger partial charge in [-0.25, -0.2) is 4.98 Å². The van der Waals surface area contributed by atoms with Gasteiger partial charge < -0.3 is 9.64 Å². The number of anilines is 1. The van der Waals surface area contributed by atoms with Gasteiger partial charge in [0, 0.05) is 25.8 Å². The summed E-state index contributed by atoms with van der Waals surface area (Å²) in [6, 6.07) is 7.33. The normalized spacial score (nSPS) is 19.3. The van der Waals surface area contributed by atoms with Gasteiger partial charge in [0.05, 0.1) is 17.3 Å². The predicted molar refractivity (Wildman–Crippen MR) is 104 cm³/mol. The molecule has 0 unspecified atom stereocenters. The molecule has 3 heterocycles. The van der Waals surface area contributed by atoms with Crippen LogP contribution in [0.5, 0.6) is 0 Å². The molecule has 0 saturated carbocycles. The average molecular weight is 374 g/mol. The summed E-state index contributed by atoms with van der Waals surface area (Å²) in [5.74, 6) is 1.42. The number of hydrogen-bond donors (Lipinski definition) is 0. The molecule has 4 rings (SSSR count). The molecule has 0 radical (unpaired) electrons. The van der Waals surface area contributed by atoms with Crippen molar-refractivity contribution in [1.29, 1.82) is 0 Å².